The SMILES string of the molecule is CCC(COCCCc1ccccc1)NC. The predicted molar refractivity (Wildman–Crippen MR) is 68.7 cm³/mol. The molecule has 0 aliphatic carbocycles. The quantitative estimate of drug-likeness (QED) is 0.681. The van der Waals surface area contributed by atoms with E-state index in [1.165, 1.54) is 5.56 Å². The fraction of sp³-hybridized carbons (Fsp3) is 0.571. The van der Waals surface area contributed by atoms with E-state index in [0.29, 0.717) is 6.04 Å². The van der Waals surface area contributed by atoms with Crippen LogP contribution in [0.2, 0.25) is 0 Å². The lowest BCUT2D eigenvalue weighted by atomic mass is 10.1. The van der Waals surface area contributed by atoms with Gasteiger partial charge in [-0.2, -0.15) is 0 Å². The first-order chi connectivity index (χ1) is 7.86. The average Bonchev–Trinajstić information content (AvgIpc) is 2.35. The molecule has 1 unspecified atom stereocenters. The maximum absolute atomic E-state index is 5.64. The second-order valence-electron chi connectivity index (χ2n) is 4.06. The molecular weight excluding hydrogens is 198 g/mol. The number of ether oxygens (including phenoxy) is 1. The summed E-state index contributed by atoms with van der Waals surface area (Å²) < 4.78 is 5.64. The molecule has 0 aliphatic heterocycles. The van der Waals surface area contributed by atoms with Crippen molar-refractivity contribution in [1.29, 1.82) is 0 Å². The van der Waals surface area contributed by atoms with Crippen LogP contribution in [0.1, 0.15) is 25.3 Å². The molecule has 1 N–H and O–H groups in total. The summed E-state index contributed by atoms with van der Waals surface area (Å²) in [6.07, 6.45) is 3.33. The molecule has 1 rings (SSSR count). The molecule has 0 spiro atoms. The molecule has 0 bridgehead atoms. The molecule has 0 aliphatic rings. The molecule has 0 saturated carbocycles. The number of aryl methyl sites for hydroxylation is 1. The summed E-state index contributed by atoms with van der Waals surface area (Å²) >= 11 is 0. The van der Waals surface area contributed by atoms with E-state index in [9.17, 15) is 0 Å². The van der Waals surface area contributed by atoms with Crippen LogP contribution in [0.4, 0.5) is 0 Å². The van der Waals surface area contributed by atoms with Gasteiger partial charge >= 0.3 is 0 Å². The van der Waals surface area contributed by atoms with Gasteiger partial charge in [-0.25, -0.2) is 0 Å². The maximum atomic E-state index is 5.64. The van der Waals surface area contributed by atoms with Crippen LogP contribution in [0, 0.1) is 0 Å². The zero-order valence-electron chi connectivity index (χ0n) is 10.4. The molecule has 1 atom stereocenters. The molecule has 0 saturated heterocycles. The zero-order valence-corrected chi connectivity index (χ0v) is 10.4. The van der Waals surface area contributed by atoms with E-state index in [2.05, 4.69) is 42.6 Å². The fourth-order valence-corrected chi connectivity index (χ4v) is 1.65. The molecule has 0 fully saturated rings. The average molecular weight is 221 g/mol. The molecule has 16 heavy (non-hydrogen) atoms. The van der Waals surface area contributed by atoms with Crippen LogP contribution in [0.25, 0.3) is 0 Å². The Hall–Kier alpha value is -0.860. The molecule has 0 heterocycles. The van der Waals surface area contributed by atoms with E-state index in [0.717, 1.165) is 32.5 Å². The zero-order chi connectivity index (χ0) is 11.6. The molecular formula is C14H23NO. The van der Waals surface area contributed by atoms with E-state index in [1.54, 1.807) is 0 Å². The number of nitrogens with one attached hydrogen (secondary N) is 1. The van der Waals surface area contributed by atoms with Gasteiger partial charge in [-0.05, 0) is 31.9 Å². The van der Waals surface area contributed by atoms with Crippen LogP contribution in [0.5, 0.6) is 0 Å². The second-order valence-corrected chi connectivity index (χ2v) is 4.06. The summed E-state index contributed by atoms with van der Waals surface area (Å²) in [5, 5.41) is 3.24. The van der Waals surface area contributed by atoms with E-state index in [-0.39, 0.29) is 0 Å². The highest BCUT2D eigenvalue weighted by Gasteiger charge is 2.01. The van der Waals surface area contributed by atoms with Crippen molar-refractivity contribution in [2.45, 2.75) is 32.2 Å². The Morgan fingerprint density at radius 1 is 1.25 bits per heavy atom. The van der Waals surface area contributed by atoms with Crippen molar-refractivity contribution < 1.29 is 4.74 Å². The molecule has 2 heteroatoms. The van der Waals surface area contributed by atoms with Gasteiger partial charge in [-0.1, -0.05) is 37.3 Å². The third-order valence-corrected chi connectivity index (χ3v) is 2.82. The Bertz CT molecular complexity index is 257. The van der Waals surface area contributed by atoms with E-state index in [1.807, 2.05) is 7.05 Å². The predicted octanol–water partition coefficient (Wildman–Crippen LogP) is 2.63. The van der Waals surface area contributed by atoms with Crippen LogP contribution in [-0.2, 0) is 11.2 Å². The summed E-state index contributed by atoms with van der Waals surface area (Å²) in [4.78, 5) is 0. The first-order valence-corrected chi connectivity index (χ1v) is 6.15. The lowest BCUT2D eigenvalue weighted by Crippen LogP contribution is -2.29. The van der Waals surface area contributed by atoms with E-state index in [4.69, 9.17) is 4.74 Å². The van der Waals surface area contributed by atoms with Crippen LogP contribution in [-0.4, -0.2) is 26.3 Å². The first kappa shape index (κ1) is 13.2. The molecule has 1 aromatic carbocycles. The lowest BCUT2D eigenvalue weighted by Gasteiger charge is -2.13. The highest BCUT2D eigenvalue weighted by Crippen LogP contribution is 2.02. The Balaban J connectivity index is 2.04. The molecule has 90 valence electrons. The van der Waals surface area contributed by atoms with Crippen LogP contribution >= 0.6 is 0 Å². The number of benzene rings is 1. The highest BCUT2D eigenvalue weighted by molar-refractivity contribution is 5.14. The van der Waals surface area contributed by atoms with Crippen molar-refractivity contribution in [2.24, 2.45) is 0 Å². The van der Waals surface area contributed by atoms with Crippen LogP contribution in [0.15, 0.2) is 30.3 Å². The van der Waals surface area contributed by atoms with Crippen molar-refractivity contribution in [3.63, 3.8) is 0 Å². The number of hydrogen-bond donors (Lipinski definition) is 1. The Kier molecular flexibility index (Phi) is 6.86. The van der Waals surface area contributed by atoms with Gasteiger partial charge in [0.1, 0.15) is 0 Å². The minimum absolute atomic E-state index is 0.497. The van der Waals surface area contributed by atoms with Gasteiger partial charge in [-0.15, -0.1) is 0 Å². The topological polar surface area (TPSA) is 21.3 Å². The standard InChI is InChI=1S/C14H23NO/c1-3-14(15-2)12-16-11-7-10-13-8-5-4-6-9-13/h4-6,8-9,14-15H,3,7,10-12H2,1-2H3. The molecule has 2 nitrogen and oxygen atoms in total. The first-order valence-electron chi connectivity index (χ1n) is 6.15. The van der Waals surface area contributed by atoms with Gasteiger partial charge in [0.15, 0.2) is 0 Å². The molecule has 1 aromatic rings. The van der Waals surface area contributed by atoms with Gasteiger partial charge in [0, 0.05) is 12.6 Å². The summed E-state index contributed by atoms with van der Waals surface area (Å²) in [7, 11) is 1.99. The van der Waals surface area contributed by atoms with Crippen molar-refractivity contribution >= 4 is 0 Å². The van der Waals surface area contributed by atoms with Crippen LogP contribution < -0.4 is 5.32 Å². The van der Waals surface area contributed by atoms with Crippen molar-refractivity contribution in [1.82, 2.24) is 5.32 Å². The normalized spacial score (nSPS) is 12.6. The monoisotopic (exact) mass is 221 g/mol. The van der Waals surface area contributed by atoms with Crippen molar-refractivity contribution in [3.05, 3.63) is 35.9 Å². The summed E-state index contributed by atoms with van der Waals surface area (Å²) in [6.45, 7) is 3.85. The fourth-order valence-electron chi connectivity index (χ4n) is 1.65. The largest absolute Gasteiger partial charge is 0.380 e. The second kappa shape index (κ2) is 8.31. The number of hydrogen-bond acceptors (Lipinski definition) is 2. The van der Waals surface area contributed by atoms with Crippen molar-refractivity contribution in [2.75, 3.05) is 20.3 Å². The van der Waals surface area contributed by atoms with E-state index >= 15 is 0 Å². The lowest BCUT2D eigenvalue weighted by molar-refractivity contribution is 0.110. The van der Waals surface area contributed by atoms with Gasteiger partial charge in [0.25, 0.3) is 0 Å². The highest BCUT2D eigenvalue weighted by atomic mass is 16.5. The Morgan fingerprint density at radius 2 is 2.00 bits per heavy atom. The van der Waals surface area contributed by atoms with Gasteiger partial charge < -0.3 is 10.1 Å². The molecule has 0 radical (unpaired) electrons. The summed E-state index contributed by atoms with van der Waals surface area (Å²) in [5.41, 5.74) is 1.40. The smallest absolute Gasteiger partial charge is 0.0619 e. The van der Waals surface area contributed by atoms with Crippen LogP contribution in [0.3, 0.4) is 0 Å². The molecule has 0 aromatic heterocycles. The van der Waals surface area contributed by atoms with Gasteiger partial charge in [0.05, 0.1) is 6.61 Å². The third-order valence-electron chi connectivity index (χ3n) is 2.82. The Labute approximate surface area is 99.0 Å². The van der Waals surface area contributed by atoms with Gasteiger partial charge in [0.2, 0.25) is 0 Å². The minimum atomic E-state index is 0.497. The van der Waals surface area contributed by atoms with Crippen molar-refractivity contribution in [3.8, 4) is 0 Å². The minimum Gasteiger partial charge on any atom is -0.380 e. The van der Waals surface area contributed by atoms with Gasteiger partial charge in [-0.3, -0.25) is 0 Å². The molecule has 0 amide bonds. The summed E-state index contributed by atoms with van der Waals surface area (Å²) in [6, 6.07) is 11.1. The summed E-state index contributed by atoms with van der Waals surface area (Å²) in [5.74, 6) is 0. The Morgan fingerprint density at radius 3 is 2.62 bits per heavy atom. The third kappa shape index (κ3) is 5.29. The number of rotatable bonds is 8. The maximum Gasteiger partial charge on any atom is 0.0619 e. The number of likely N-dealkylation sites (N-methyl/N-ethyl adjacent to an activating group) is 1. The van der Waals surface area contributed by atoms with E-state index < -0.39 is 0 Å².